The lowest BCUT2D eigenvalue weighted by Crippen LogP contribution is -2.15. The Morgan fingerprint density at radius 1 is 1.16 bits per heavy atom. The summed E-state index contributed by atoms with van der Waals surface area (Å²) in [6.45, 7) is 0.303. The number of nitrogen functional groups attached to an aromatic ring is 1. The highest BCUT2D eigenvalue weighted by molar-refractivity contribution is 7.92. The smallest absolute Gasteiger partial charge is 0.265 e. The van der Waals surface area contributed by atoms with Crippen LogP contribution in [-0.4, -0.2) is 25.0 Å². The number of anilines is 2. The Bertz CT molecular complexity index is 1350. The quantitative estimate of drug-likeness (QED) is 0.579. The first-order chi connectivity index (χ1) is 14.7. The van der Waals surface area contributed by atoms with Gasteiger partial charge in [-0.3, -0.25) is 4.72 Å². The van der Waals surface area contributed by atoms with Gasteiger partial charge in [0.2, 0.25) is 5.95 Å². The second-order valence-electron chi connectivity index (χ2n) is 6.46. The number of hydrogen-bond acceptors (Lipinski definition) is 6. The van der Waals surface area contributed by atoms with Crippen molar-refractivity contribution in [2.45, 2.75) is 11.3 Å². The summed E-state index contributed by atoms with van der Waals surface area (Å²) in [7, 11) is -4.29. The van der Waals surface area contributed by atoms with Crippen LogP contribution in [0.15, 0.2) is 41.6 Å². The molecule has 0 radical (unpaired) electrons. The minimum Gasteiger partial charge on any atom is -0.492 e. The monoisotopic (exact) mass is 462 g/mol. The Balaban J connectivity index is 1.71. The number of benzene rings is 2. The molecular weight excluding hydrogens is 450 g/mol. The molecule has 2 heterocycles. The predicted molar refractivity (Wildman–Crippen MR) is 110 cm³/mol. The zero-order chi connectivity index (χ0) is 22.2. The van der Waals surface area contributed by atoms with Gasteiger partial charge in [0.05, 0.1) is 23.4 Å². The van der Waals surface area contributed by atoms with Crippen LogP contribution in [0.1, 0.15) is 16.7 Å². The number of rotatable bonds is 3. The summed E-state index contributed by atoms with van der Waals surface area (Å²) < 4.78 is 62.4. The number of aromatic nitrogens is 2. The lowest BCUT2D eigenvalue weighted by molar-refractivity contribution is 0.348. The molecule has 0 atom stereocenters. The maximum absolute atomic E-state index is 14.9. The summed E-state index contributed by atoms with van der Waals surface area (Å²) >= 11 is 6.02. The van der Waals surface area contributed by atoms with Crippen molar-refractivity contribution in [3.8, 4) is 17.6 Å². The van der Waals surface area contributed by atoms with E-state index in [1.807, 2.05) is 0 Å². The van der Waals surface area contributed by atoms with Gasteiger partial charge in [-0.25, -0.2) is 27.2 Å². The van der Waals surface area contributed by atoms with E-state index in [-0.39, 0.29) is 27.2 Å². The fourth-order valence-electron chi connectivity index (χ4n) is 2.92. The molecule has 158 valence electrons. The molecule has 0 aliphatic carbocycles. The topological polar surface area (TPSA) is 107 Å². The summed E-state index contributed by atoms with van der Waals surface area (Å²) in [4.78, 5) is 7.23. The third-order valence-corrected chi connectivity index (χ3v) is 5.93. The lowest BCUT2D eigenvalue weighted by Gasteiger charge is -2.13. The third-order valence-electron chi connectivity index (χ3n) is 4.34. The van der Waals surface area contributed by atoms with E-state index < -0.39 is 32.9 Å². The van der Waals surface area contributed by atoms with Crippen molar-refractivity contribution in [3.05, 3.63) is 70.0 Å². The minimum atomic E-state index is -4.29. The zero-order valence-corrected chi connectivity index (χ0v) is 17.2. The van der Waals surface area contributed by atoms with E-state index in [4.69, 9.17) is 22.1 Å². The average molecular weight is 463 g/mol. The van der Waals surface area contributed by atoms with Crippen LogP contribution >= 0.6 is 11.6 Å². The lowest BCUT2D eigenvalue weighted by atomic mass is 10.1. The van der Waals surface area contributed by atoms with Crippen molar-refractivity contribution in [3.63, 3.8) is 0 Å². The maximum Gasteiger partial charge on any atom is 0.265 e. The SMILES string of the molecule is Nc1ncc(C#Cc2c(F)ccc(NS(=O)(=O)c3cc(Cl)cc4c3OCC4)c2F)cn1. The zero-order valence-electron chi connectivity index (χ0n) is 15.6. The van der Waals surface area contributed by atoms with Crippen LogP contribution in [0.3, 0.4) is 0 Å². The molecule has 0 bridgehead atoms. The number of ether oxygens (including phenoxy) is 1. The van der Waals surface area contributed by atoms with Gasteiger partial charge < -0.3 is 10.5 Å². The van der Waals surface area contributed by atoms with Gasteiger partial charge in [0, 0.05) is 29.4 Å². The summed E-state index contributed by atoms with van der Waals surface area (Å²) in [5, 5.41) is 0.196. The van der Waals surface area contributed by atoms with Gasteiger partial charge >= 0.3 is 0 Å². The Morgan fingerprint density at radius 3 is 2.65 bits per heavy atom. The molecule has 3 N–H and O–H groups in total. The first kappa shape index (κ1) is 20.8. The molecule has 31 heavy (non-hydrogen) atoms. The van der Waals surface area contributed by atoms with Gasteiger partial charge in [-0.1, -0.05) is 23.4 Å². The van der Waals surface area contributed by atoms with Crippen LogP contribution in [0.4, 0.5) is 20.4 Å². The molecule has 0 fully saturated rings. The highest BCUT2D eigenvalue weighted by Crippen LogP contribution is 2.37. The van der Waals surface area contributed by atoms with Crippen LogP contribution in [0.5, 0.6) is 5.75 Å². The summed E-state index contributed by atoms with van der Waals surface area (Å²) in [5.74, 6) is 2.88. The molecular formula is C20H13ClF2N4O3S. The van der Waals surface area contributed by atoms with Gasteiger partial charge in [-0.2, -0.15) is 0 Å². The molecule has 0 amide bonds. The second kappa shape index (κ2) is 8.02. The molecule has 0 unspecified atom stereocenters. The van der Waals surface area contributed by atoms with Crippen LogP contribution in [0.25, 0.3) is 0 Å². The molecule has 0 spiro atoms. The van der Waals surface area contributed by atoms with E-state index in [2.05, 4.69) is 26.5 Å². The Kier molecular flexibility index (Phi) is 5.39. The van der Waals surface area contributed by atoms with Crippen molar-refractivity contribution in [2.75, 3.05) is 17.1 Å². The molecule has 4 rings (SSSR count). The normalized spacial score (nSPS) is 12.5. The van der Waals surface area contributed by atoms with E-state index in [0.29, 0.717) is 18.6 Å². The summed E-state index contributed by atoms with van der Waals surface area (Å²) in [6.07, 6.45) is 3.08. The van der Waals surface area contributed by atoms with Crippen molar-refractivity contribution < 1.29 is 21.9 Å². The van der Waals surface area contributed by atoms with Crippen LogP contribution in [0.2, 0.25) is 5.02 Å². The third kappa shape index (κ3) is 4.23. The second-order valence-corrected chi connectivity index (χ2v) is 8.55. The van der Waals surface area contributed by atoms with Crippen molar-refractivity contribution in [1.82, 2.24) is 9.97 Å². The van der Waals surface area contributed by atoms with E-state index in [0.717, 1.165) is 12.1 Å². The Hall–Kier alpha value is -3.42. The van der Waals surface area contributed by atoms with Gasteiger partial charge in [0.25, 0.3) is 10.0 Å². The Labute approximate surface area is 181 Å². The molecule has 3 aromatic rings. The van der Waals surface area contributed by atoms with Gasteiger partial charge in [0.15, 0.2) is 5.82 Å². The maximum atomic E-state index is 14.9. The van der Waals surface area contributed by atoms with E-state index >= 15 is 0 Å². The van der Waals surface area contributed by atoms with Crippen molar-refractivity contribution in [2.24, 2.45) is 0 Å². The Morgan fingerprint density at radius 2 is 1.90 bits per heavy atom. The van der Waals surface area contributed by atoms with Crippen LogP contribution < -0.4 is 15.2 Å². The number of hydrogen-bond donors (Lipinski definition) is 2. The minimum absolute atomic E-state index is 0.0239. The summed E-state index contributed by atoms with van der Waals surface area (Å²) in [5.41, 5.74) is 5.18. The molecule has 11 heteroatoms. The number of fused-ring (bicyclic) bond motifs is 1. The molecule has 2 aromatic carbocycles. The summed E-state index contributed by atoms with van der Waals surface area (Å²) in [6, 6.07) is 4.68. The number of nitrogens with zero attached hydrogens (tertiary/aromatic N) is 2. The molecule has 0 saturated heterocycles. The van der Waals surface area contributed by atoms with Crippen LogP contribution in [-0.2, 0) is 16.4 Å². The van der Waals surface area contributed by atoms with Gasteiger partial charge in [-0.15, -0.1) is 0 Å². The number of nitrogens with one attached hydrogen (secondary N) is 1. The fraction of sp³-hybridized carbons (Fsp3) is 0.100. The molecule has 0 saturated carbocycles. The van der Waals surface area contributed by atoms with Gasteiger partial charge in [0.1, 0.15) is 16.5 Å². The first-order valence-electron chi connectivity index (χ1n) is 8.80. The van der Waals surface area contributed by atoms with E-state index in [9.17, 15) is 17.2 Å². The standard InChI is InChI=1S/C20H13ClF2N4O3S/c21-13-7-12-5-6-30-19(12)17(8-13)31(28,29)27-16-4-3-15(22)14(18(16)23)2-1-11-9-25-20(24)26-10-11/h3-4,7-10,27H,5-6H2,(H2,24,25,26). The molecule has 1 aliphatic heterocycles. The van der Waals surface area contributed by atoms with Gasteiger partial charge in [-0.05, 0) is 24.3 Å². The highest BCUT2D eigenvalue weighted by Gasteiger charge is 2.28. The predicted octanol–water partition coefficient (Wildman–Crippen LogP) is 3.13. The molecule has 1 aromatic heterocycles. The van der Waals surface area contributed by atoms with Crippen molar-refractivity contribution in [1.29, 1.82) is 0 Å². The highest BCUT2D eigenvalue weighted by atomic mass is 35.5. The number of halogens is 3. The number of sulfonamides is 1. The first-order valence-corrected chi connectivity index (χ1v) is 10.7. The van der Waals surface area contributed by atoms with Crippen LogP contribution in [0, 0.1) is 23.5 Å². The molecule has 7 nitrogen and oxygen atoms in total. The van der Waals surface area contributed by atoms with E-state index in [1.165, 1.54) is 18.5 Å². The largest absolute Gasteiger partial charge is 0.492 e. The average Bonchev–Trinajstić information content (AvgIpc) is 3.19. The number of nitrogens with two attached hydrogens (primary N) is 1. The van der Waals surface area contributed by atoms with E-state index in [1.54, 1.807) is 6.07 Å². The fourth-order valence-corrected chi connectivity index (χ4v) is 4.50. The van der Waals surface area contributed by atoms with Crippen molar-refractivity contribution >= 4 is 33.3 Å². The molecule has 1 aliphatic rings.